The summed E-state index contributed by atoms with van der Waals surface area (Å²) >= 11 is 0. The first-order chi connectivity index (χ1) is 18.1. The summed E-state index contributed by atoms with van der Waals surface area (Å²) in [6.07, 6.45) is -0.588. The lowest BCUT2D eigenvalue weighted by molar-refractivity contribution is -0.145. The fourth-order valence-corrected chi connectivity index (χ4v) is 3.89. The topological polar surface area (TPSA) is 153 Å². The van der Waals surface area contributed by atoms with Crippen LogP contribution in [0.5, 0.6) is 0 Å². The quantitative estimate of drug-likeness (QED) is 0.384. The maximum absolute atomic E-state index is 13.3. The normalized spacial score (nSPS) is 12.3. The number of amides is 1. The summed E-state index contributed by atoms with van der Waals surface area (Å²) in [6.45, 7) is 1.37. The van der Waals surface area contributed by atoms with Gasteiger partial charge in [0.15, 0.2) is 11.2 Å². The third-order valence-corrected chi connectivity index (χ3v) is 5.69. The number of halogens is 3. The van der Waals surface area contributed by atoms with Gasteiger partial charge in [-0.1, -0.05) is 19.4 Å². The number of alkyl halides is 3. The van der Waals surface area contributed by atoms with Crippen LogP contribution in [0.4, 0.5) is 19.0 Å². The zero-order chi connectivity index (χ0) is 27.6. The molecule has 4 rings (SSSR count). The van der Waals surface area contributed by atoms with Gasteiger partial charge >= 0.3 is 11.9 Å². The molecule has 1 amide bonds. The van der Waals surface area contributed by atoms with E-state index in [9.17, 15) is 27.6 Å². The van der Waals surface area contributed by atoms with Gasteiger partial charge in [0.25, 0.3) is 5.56 Å². The summed E-state index contributed by atoms with van der Waals surface area (Å²) in [7, 11) is 1.41. The number of pyridine rings is 1. The van der Waals surface area contributed by atoms with Crippen molar-refractivity contribution in [1.82, 2.24) is 33.6 Å². The lowest BCUT2D eigenvalue weighted by Gasteiger charge is -2.18. The molecule has 0 saturated heterocycles. The zero-order valence-corrected chi connectivity index (χ0v) is 20.1. The Kier molecular flexibility index (Phi) is 7.06. The summed E-state index contributed by atoms with van der Waals surface area (Å²) in [5.41, 5.74) is -0.979. The van der Waals surface area contributed by atoms with Gasteiger partial charge in [0, 0.05) is 25.0 Å². The predicted molar refractivity (Wildman–Crippen MR) is 128 cm³/mol. The molecule has 0 aromatic carbocycles. The average molecular weight is 527 g/mol. The average Bonchev–Trinajstić information content (AvgIpc) is 3.33. The van der Waals surface area contributed by atoms with Crippen molar-refractivity contribution in [2.45, 2.75) is 38.5 Å². The molecule has 196 valence electrons. The SMILES string of the molecule is CCCC(C(=O)Nc1cccc(-c2cnc(C(F)(F)F)nc2)n1)n1cnc2c1c(=O)n(CC#N)c(=O)n2C. The molecule has 1 unspecified atom stereocenters. The van der Waals surface area contributed by atoms with Crippen molar-refractivity contribution in [3.8, 4) is 17.3 Å². The highest BCUT2D eigenvalue weighted by atomic mass is 19.4. The van der Waals surface area contributed by atoms with E-state index in [0.29, 0.717) is 12.8 Å². The number of hydrogen-bond donors (Lipinski definition) is 1. The van der Waals surface area contributed by atoms with E-state index in [0.717, 1.165) is 21.5 Å². The summed E-state index contributed by atoms with van der Waals surface area (Å²) in [6, 6.07) is 5.41. The second kappa shape index (κ2) is 10.2. The van der Waals surface area contributed by atoms with Crippen LogP contribution in [0.3, 0.4) is 0 Å². The summed E-state index contributed by atoms with van der Waals surface area (Å²) in [5.74, 6) is -1.72. The first kappa shape index (κ1) is 26.2. The molecule has 0 aliphatic carbocycles. The number of aromatic nitrogens is 7. The van der Waals surface area contributed by atoms with Crippen molar-refractivity contribution in [1.29, 1.82) is 5.26 Å². The number of nitrogens with one attached hydrogen (secondary N) is 1. The van der Waals surface area contributed by atoms with Gasteiger partial charge in [-0.25, -0.2) is 29.3 Å². The number of anilines is 1. The Morgan fingerprint density at radius 3 is 2.53 bits per heavy atom. The largest absolute Gasteiger partial charge is 0.451 e. The van der Waals surface area contributed by atoms with E-state index < -0.39 is 41.7 Å². The molecule has 0 fully saturated rings. The molecule has 0 radical (unpaired) electrons. The Labute approximate surface area is 212 Å². The van der Waals surface area contributed by atoms with Crippen molar-refractivity contribution in [3.05, 3.63) is 63.6 Å². The van der Waals surface area contributed by atoms with E-state index >= 15 is 0 Å². The Hall–Kier alpha value is -4.87. The number of fused-ring (bicyclic) bond motifs is 1. The minimum absolute atomic E-state index is 0.0143. The highest BCUT2D eigenvalue weighted by molar-refractivity contribution is 5.94. The van der Waals surface area contributed by atoms with Crippen LogP contribution >= 0.6 is 0 Å². The van der Waals surface area contributed by atoms with E-state index in [1.807, 2.05) is 6.92 Å². The molecule has 38 heavy (non-hydrogen) atoms. The van der Waals surface area contributed by atoms with Crippen molar-refractivity contribution >= 4 is 22.9 Å². The van der Waals surface area contributed by atoms with Gasteiger partial charge in [0.05, 0.1) is 18.1 Å². The lowest BCUT2D eigenvalue weighted by atomic mass is 10.1. The molecule has 0 aliphatic rings. The first-order valence-corrected chi connectivity index (χ1v) is 11.3. The van der Waals surface area contributed by atoms with E-state index in [-0.39, 0.29) is 28.2 Å². The van der Waals surface area contributed by atoms with Crippen LogP contribution in [0.2, 0.25) is 0 Å². The minimum atomic E-state index is -4.68. The number of nitriles is 1. The van der Waals surface area contributed by atoms with E-state index in [1.165, 1.54) is 30.1 Å². The van der Waals surface area contributed by atoms with Gasteiger partial charge in [-0.05, 0) is 18.6 Å². The van der Waals surface area contributed by atoms with Gasteiger partial charge in [0.1, 0.15) is 18.4 Å². The van der Waals surface area contributed by atoms with Crippen LogP contribution in [-0.4, -0.2) is 39.5 Å². The fraction of sp³-hybridized carbons (Fsp3) is 0.304. The standard InChI is InChI=1S/C23H20F3N9O3/c1-3-5-15(35-12-30-18-17(35)20(37)34(9-8-27)22(38)33(18)2)19(36)32-16-7-4-6-14(31-16)13-10-28-21(29-11-13)23(24,25)26/h4,6-7,10-12,15H,3,5,9H2,1-2H3,(H,31,32,36). The van der Waals surface area contributed by atoms with Crippen molar-refractivity contribution < 1.29 is 18.0 Å². The van der Waals surface area contributed by atoms with E-state index in [1.54, 1.807) is 12.1 Å². The second-order valence-electron chi connectivity index (χ2n) is 8.21. The highest BCUT2D eigenvalue weighted by Gasteiger charge is 2.34. The van der Waals surface area contributed by atoms with Crippen LogP contribution < -0.4 is 16.6 Å². The number of nitrogens with zero attached hydrogens (tertiary/aromatic N) is 8. The first-order valence-electron chi connectivity index (χ1n) is 11.3. The van der Waals surface area contributed by atoms with Gasteiger partial charge < -0.3 is 9.88 Å². The van der Waals surface area contributed by atoms with Crippen LogP contribution in [0.1, 0.15) is 31.6 Å². The number of hydrogen-bond acceptors (Lipinski definition) is 8. The third-order valence-electron chi connectivity index (χ3n) is 5.69. The summed E-state index contributed by atoms with van der Waals surface area (Å²) in [4.78, 5) is 53.9. The molecule has 12 nitrogen and oxygen atoms in total. The molecule has 15 heteroatoms. The molecule has 1 atom stereocenters. The van der Waals surface area contributed by atoms with Crippen molar-refractivity contribution in [2.24, 2.45) is 7.05 Å². The van der Waals surface area contributed by atoms with Gasteiger partial charge in [0.2, 0.25) is 11.7 Å². The highest BCUT2D eigenvalue weighted by Crippen LogP contribution is 2.27. The molecule has 0 saturated carbocycles. The van der Waals surface area contributed by atoms with E-state index in [2.05, 4.69) is 25.3 Å². The predicted octanol–water partition coefficient (Wildman–Crippen LogP) is 2.27. The van der Waals surface area contributed by atoms with Crippen LogP contribution in [-0.2, 0) is 24.6 Å². The molecule has 1 N–H and O–H groups in total. The Morgan fingerprint density at radius 2 is 1.89 bits per heavy atom. The molecular formula is C23H20F3N9O3. The fourth-order valence-electron chi connectivity index (χ4n) is 3.89. The monoisotopic (exact) mass is 527 g/mol. The molecule has 0 spiro atoms. The van der Waals surface area contributed by atoms with Crippen molar-refractivity contribution in [3.63, 3.8) is 0 Å². The number of aryl methyl sites for hydroxylation is 1. The van der Waals surface area contributed by atoms with Crippen molar-refractivity contribution in [2.75, 3.05) is 5.32 Å². The number of carbonyl (C=O) groups excluding carboxylic acids is 1. The third kappa shape index (κ3) is 4.88. The smallest absolute Gasteiger partial charge is 0.312 e. The maximum atomic E-state index is 13.3. The number of carbonyl (C=O) groups is 1. The number of rotatable bonds is 7. The zero-order valence-electron chi connectivity index (χ0n) is 20.1. The molecular weight excluding hydrogens is 507 g/mol. The van der Waals surface area contributed by atoms with Crippen LogP contribution in [0, 0.1) is 11.3 Å². The second-order valence-corrected chi connectivity index (χ2v) is 8.21. The maximum Gasteiger partial charge on any atom is 0.451 e. The van der Waals surface area contributed by atoms with E-state index in [4.69, 9.17) is 5.26 Å². The van der Waals surface area contributed by atoms with Gasteiger partial charge in [-0.15, -0.1) is 0 Å². The lowest BCUT2D eigenvalue weighted by Crippen LogP contribution is -2.40. The molecule has 4 heterocycles. The Balaban J connectivity index is 1.68. The van der Waals surface area contributed by atoms with Crippen LogP contribution in [0.25, 0.3) is 22.4 Å². The van der Waals surface area contributed by atoms with Gasteiger partial charge in [-0.2, -0.15) is 18.4 Å². The van der Waals surface area contributed by atoms with Gasteiger partial charge in [-0.3, -0.25) is 14.2 Å². The summed E-state index contributed by atoms with van der Waals surface area (Å²) < 4.78 is 41.5. The molecule has 4 aromatic heterocycles. The van der Waals surface area contributed by atoms with Crippen LogP contribution in [0.15, 0.2) is 46.5 Å². The number of imidazole rings is 1. The minimum Gasteiger partial charge on any atom is -0.312 e. The molecule has 0 aliphatic heterocycles. The Morgan fingerprint density at radius 1 is 1.18 bits per heavy atom. The molecule has 0 bridgehead atoms. The Bertz CT molecular complexity index is 1660. The summed E-state index contributed by atoms with van der Waals surface area (Å²) in [5, 5.41) is 11.7. The molecule has 4 aromatic rings.